The van der Waals surface area contributed by atoms with Gasteiger partial charge < -0.3 is 5.32 Å². The molecule has 2 aromatic heterocycles. The van der Waals surface area contributed by atoms with Crippen LogP contribution in [0, 0.1) is 13.8 Å². The lowest BCUT2D eigenvalue weighted by Gasteiger charge is -2.07. The number of hydrogen-bond acceptors (Lipinski definition) is 4. The quantitative estimate of drug-likeness (QED) is 0.765. The van der Waals surface area contributed by atoms with Crippen molar-refractivity contribution in [2.45, 2.75) is 19.6 Å². The summed E-state index contributed by atoms with van der Waals surface area (Å²) in [6.45, 7) is 3.91. The Morgan fingerprint density at radius 2 is 2.00 bits per heavy atom. The highest BCUT2D eigenvalue weighted by atomic mass is 32.2. The summed E-state index contributed by atoms with van der Waals surface area (Å²) in [7, 11) is 0. The van der Waals surface area contributed by atoms with E-state index in [0.717, 1.165) is 16.8 Å². The van der Waals surface area contributed by atoms with Crippen molar-refractivity contribution in [2.24, 2.45) is 0 Å². The fraction of sp³-hybridized carbons (Fsp3) is 0.211. The van der Waals surface area contributed by atoms with Crippen LogP contribution in [0.1, 0.15) is 16.8 Å². The largest absolute Gasteiger partial charge is 0.325 e. The van der Waals surface area contributed by atoms with Crippen LogP contribution in [0.25, 0.3) is 5.65 Å². The predicted molar refractivity (Wildman–Crippen MR) is 102 cm³/mol. The minimum Gasteiger partial charge on any atom is -0.325 e. The maximum Gasteiger partial charge on any atom is 0.258 e. The topological polar surface area (TPSA) is 63.5 Å². The zero-order valence-electron chi connectivity index (χ0n) is 14.2. The zero-order chi connectivity index (χ0) is 17.8. The average molecular weight is 353 g/mol. The predicted octanol–water partition coefficient (Wildman–Crippen LogP) is 3.18. The molecule has 0 aliphatic heterocycles. The number of pyridine rings is 1. The molecular weight excluding hydrogens is 334 g/mol. The molecule has 0 radical (unpaired) electrons. The first kappa shape index (κ1) is 17.2. The molecule has 1 aromatic carbocycles. The van der Waals surface area contributed by atoms with Crippen molar-refractivity contribution in [2.75, 3.05) is 11.1 Å². The number of thioether (sulfide) groups is 1. The van der Waals surface area contributed by atoms with Gasteiger partial charge >= 0.3 is 0 Å². The highest BCUT2D eigenvalue weighted by molar-refractivity contribution is 7.99. The second-order valence-corrected chi connectivity index (χ2v) is 6.92. The highest BCUT2D eigenvalue weighted by Gasteiger charge is 2.06. The van der Waals surface area contributed by atoms with E-state index in [9.17, 15) is 9.59 Å². The van der Waals surface area contributed by atoms with E-state index in [1.54, 1.807) is 6.20 Å². The number of nitrogens with zero attached hydrogens (tertiary/aromatic N) is 2. The number of aromatic nitrogens is 2. The van der Waals surface area contributed by atoms with Crippen LogP contribution in [-0.2, 0) is 10.5 Å². The molecule has 1 N–H and O–H groups in total. The van der Waals surface area contributed by atoms with Crippen LogP contribution < -0.4 is 10.9 Å². The summed E-state index contributed by atoms with van der Waals surface area (Å²) in [5.41, 5.74) is 4.10. The van der Waals surface area contributed by atoms with E-state index in [2.05, 4.69) is 10.3 Å². The van der Waals surface area contributed by atoms with Crippen LogP contribution in [0.3, 0.4) is 0 Å². The van der Waals surface area contributed by atoms with Crippen LogP contribution in [0.5, 0.6) is 0 Å². The normalized spacial score (nSPS) is 10.8. The van der Waals surface area contributed by atoms with E-state index in [-0.39, 0.29) is 11.5 Å². The minimum atomic E-state index is -0.103. The third-order valence-electron chi connectivity index (χ3n) is 3.65. The Morgan fingerprint density at radius 3 is 2.80 bits per heavy atom. The Kier molecular flexibility index (Phi) is 5.19. The molecule has 0 bridgehead atoms. The van der Waals surface area contributed by atoms with Gasteiger partial charge in [0.25, 0.3) is 5.56 Å². The van der Waals surface area contributed by atoms with Gasteiger partial charge in [0, 0.05) is 23.7 Å². The lowest BCUT2D eigenvalue weighted by atomic mass is 10.2. The number of fused-ring (bicyclic) bond motifs is 1. The Labute approximate surface area is 150 Å². The van der Waals surface area contributed by atoms with Crippen molar-refractivity contribution in [1.82, 2.24) is 9.38 Å². The van der Waals surface area contributed by atoms with Crippen LogP contribution in [0.15, 0.2) is 53.5 Å². The van der Waals surface area contributed by atoms with Crippen molar-refractivity contribution < 1.29 is 4.79 Å². The summed E-state index contributed by atoms with van der Waals surface area (Å²) in [6.07, 6.45) is 1.77. The van der Waals surface area contributed by atoms with Gasteiger partial charge in [-0.2, -0.15) is 0 Å². The number of amides is 1. The Bertz CT molecular complexity index is 982. The van der Waals surface area contributed by atoms with E-state index in [1.165, 1.54) is 22.2 Å². The van der Waals surface area contributed by atoms with Crippen LogP contribution >= 0.6 is 11.8 Å². The molecule has 3 rings (SSSR count). The van der Waals surface area contributed by atoms with Gasteiger partial charge in [0.15, 0.2) is 0 Å². The van der Waals surface area contributed by atoms with Gasteiger partial charge in [0.1, 0.15) is 5.65 Å². The smallest absolute Gasteiger partial charge is 0.258 e. The molecular formula is C19H19N3O2S. The fourth-order valence-corrected chi connectivity index (χ4v) is 3.22. The van der Waals surface area contributed by atoms with Crippen LogP contribution in [0.2, 0.25) is 0 Å². The molecule has 0 saturated heterocycles. The Balaban J connectivity index is 1.60. The maximum absolute atomic E-state index is 12.2. The Morgan fingerprint density at radius 1 is 1.16 bits per heavy atom. The van der Waals surface area contributed by atoms with E-state index in [1.807, 2.05) is 50.2 Å². The SMILES string of the molecule is Cc1cccc(NC(=O)CSCc2cc(=O)n3cc(C)ccc3n2)c1. The summed E-state index contributed by atoms with van der Waals surface area (Å²) in [6, 6.07) is 13.0. The molecule has 3 aromatic rings. The van der Waals surface area contributed by atoms with Crippen molar-refractivity contribution in [3.63, 3.8) is 0 Å². The molecule has 0 aliphatic carbocycles. The maximum atomic E-state index is 12.2. The molecule has 25 heavy (non-hydrogen) atoms. The van der Waals surface area contributed by atoms with Crippen molar-refractivity contribution in [3.05, 3.63) is 75.8 Å². The molecule has 0 unspecified atom stereocenters. The number of aryl methyl sites for hydroxylation is 2. The molecule has 0 aliphatic rings. The summed E-state index contributed by atoms with van der Waals surface area (Å²) < 4.78 is 1.54. The first-order chi connectivity index (χ1) is 12.0. The zero-order valence-corrected chi connectivity index (χ0v) is 15.0. The standard InChI is InChI=1S/C19H19N3O2S/c1-13-4-3-5-15(8-13)21-18(23)12-25-11-16-9-19(24)22-10-14(2)6-7-17(22)20-16/h3-10H,11-12H2,1-2H3,(H,21,23). The number of benzene rings is 1. The lowest BCUT2D eigenvalue weighted by molar-refractivity contribution is -0.113. The van der Waals surface area contributed by atoms with Gasteiger partial charge in [-0.3, -0.25) is 14.0 Å². The van der Waals surface area contributed by atoms with Gasteiger partial charge in [0.2, 0.25) is 5.91 Å². The third kappa shape index (κ3) is 4.48. The molecule has 0 spiro atoms. The molecule has 6 heteroatoms. The highest BCUT2D eigenvalue weighted by Crippen LogP contribution is 2.13. The Hall–Kier alpha value is -2.60. The summed E-state index contributed by atoms with van der Waals surface area (Å²) in [5.74, 6) is 0.757. The first-order valence-electron chi connectivity index (χ1n) is 7.94. The monoisotopic (exact) mass is 353 g/mol. The average Bonchev–Trinajstić information content (AvgIpc) is 2.55. The number of hydrogen-bond donors (Lipinski definition) is 1. The van der Waals surface area contributed by atoms with E-state index in [4.69, 9.17) is 0 Å². The summed E-state index contributed by atoms with van der Waals surface area (Å²) >= 11 is 1.44. The number of carbonyl (C=O) groups excluding carboxylic acids is 1. The molecule has 0 fully saturated rings. The van der Waals surface area contributed by atoms with Crippen LogP contribution in [-0.4, -0.2) is 21.0 Å². The lowest BCUT2D eigenvalue weighted by Crippen LogP contribution is -2.16. The summed E-state index contributed by atoms with van der Waals surface area (Å²) in [4.78, 5) is 28.6. The van der Waals surface area contributed by atoms with Crippen LogP contribution in [0.4, 0.5) is 5.69 Å². The molecule has 1 amide bonds. The minimum absolute atomic E-state index is 0.0660. The number of rotatable bonds is 5. The van der Waals surface area contributed by atoms with E-state index in [0.29, 0.717) is 22.8 Å². The molecule has 2 heterocycles. The van der Waals surface area contributed by atoms with Crippen molar-refractivity contribution in [3.8, 4) is 0 Å². The van der Waals surface area contributed by atoms with E-state index >= 15 is 0 Å². The number of carbonyl (C=O) groups is 1. The van der Waals surface area contributed by atoms with Gasteiger partial charge in [-0.25, -0.2) is 4.98 Å². The molecule has 0 saturated carbocycles. The van der Waals surface area contributed by atoms with Gasteiger partial charge in [-0.15, -0.1) is 11.8 Å². The second kappa shape index (κ2) is 7.53. The van der Waals surface area contributed by atoms with Crippen molar-refractivity contribution in [1.29, 1.82) is 0 Å². The molecule has 128 valence electrons. The first-order valence-corrected chi connectivity index (χ1v) is 9.10. The summed E-state index contributed by atoms with van der Waals surface area (Å²) in [5, 5.41) is 2.87. The third-order valence-corrected chi connectivity index (χ3v) is 4.61. The number of nitrogens with one attached hydrogen (secondary N) is 1. The molecule has 5 nitrogen and oxygen atoms in total. The van der Waals surface area contributed by atoms with Gasteiger partial charge in [-0.05, 0) is 43.2 Å². The van der Waals surface area contributed by atoms with E-state index < -0.39 is 0 Å². The second-order valence-electron chi connectivity index (χ2n) is 5.93. The van der Waals surface area contributed by atoms with Gasteiger partial charge in [-0.1, -0.05) is 18.2 Å². The molecule has 0 atom stereocenters. The van der Waals surface area contributed by atoms with Crippen molar-refractivity contribution >= 4 is 29.0 Å². The van der Waals surface area contributed by atoms with Gasteiger partial charge in [0.05, 0.1) is 11.4 Å². The fourth-order valence-electron chi connectivity index (χ4n) is 2.50. The number of anilines is 1.